The molecule has 1 radical (unpaired) electrons. The van der Waals surface area contributed by atoms with Crippen LogP contribution in [-0.2, 0) is 0 Å². The van der Waals surface area contributed by atoms with E-state index in [1.54, 1.807) is 6.08 Å². The molecule has 0 N–H and O–H groups in total. The van der Waals surface area contributed by atoms with Crippen LogP contribution in [0.4, 0.5) is 17.6 Å². The summed E-state index contributed by atoms with van der Waals surface area (Å²) in [7, 11) is 0. The molecular weight excluding hydrogens is 363 g/mol. The zero-order chi connectivity index (χ0) is 11.8. The zero-order valence-corrected chi connectivity index (χ0v) is 10.8. The van der Waals surface area contributed by atoms with Gasteiger partial charge in [-0.3, -0.25) is 10.1 Å². The molecule has 0 spiro atoms. The Morgan fingerprint density at radius 2 is 2.00 bits per heavy atom. The van der Waals surface area contributed by atoms with Crippen LogP contribution in [0.1, 0.15) is 6.92 Å². The summed E-state index contributed by atoms with van der Waals surface area (Å²) in [6, 6.07) is 0. The van der Waals surface area contributed by atoms with Gasteiger partial charge in [0.1, 0.15) is 5.70 Å². The monoisotopic (exact) mass is 369 g/mol. The van der Waals surface area contributed by atoms with Crippen molar-refractivity contribution in [1.29, 1.82) is 0 Å². The summed E-state index contributed by atoms with van der Waals surface area (Å²) < 4.78 is 49.9. The van der Waals surface area contributed by atoms with E-state index >= 15 is 0 Å². The molecule has 0 heterocycles. The van der Waals surface area contributed by atoms with Crippen LogP contribution in [0.15, 0.2) is 17.6 Å². The van der Waals surface area contributed by atoms with E-state index in [1.165, 1.54) is 0 Å². The van der Waals surface area contributed by atoms with Crippen molar-refractivity contribution in [2.75, 3.05) is 0 Å². The fourth-order valence-electron chi connectivity index (χ4n) is 1.23. The second-order valence-electron chi connectivity index (χ2n) is 3.14. The number of hydrogen-bond acceptors (Lipinski definition) is 2. The van der Waals surface area contributed by atoms with Gasteiger partial charge in [-0.25, -0.2) is 4.39 Å². The second kappa shape index (κ2) is 5.52. The van der Waals surface area contributed by atoms with Gasteiger partial charge in [-0.2, -0.15) is 13.2 Å². The average molecular weight is 369 g/mol. The average Bonchev–Trinajstić information content (AvgIpc) is 2.06. The quantitative estimate of drug-likeness (QED) is 0.309. The van der Waals surface area contributed by atoms with Gasteiger partial charge in [-0.15, -0.1) is 12.2 Å². The number of nitrogens with zero attached hydrogens (tertiary/aromatic N) is 1. The SMILES string of the molecule is CC1C(F)=[C-]C([N+](=O)[O-])=CC1C(F)(F)F.[Pm]. The molecule has 0 aromatic heterocycles. The maximum Gasteiger partial charge on any atom is 0.381 e. The van der Waals surface area contributed by atoms with Gasteiger partial charge in [0, 0.05) is 57.1 Å². The van der Waals surface area contributed by atoms with Crippen molar-refractivity contribution in [3.05, 3.63) is 33.8 Å². The molecule has 0 amide bonds. The summed E-state index contributed by atoms with van der Waals surface area (Å²) in [6.45, 7) is 1.01. The Morgan fingerprint density at radius 1 is 1.50 bits per heavy atom. The fourth-order valence-corrected chi connectivity index (χ4v) is 1.23. The Hall–Kier alpha value is -0.0623. The first-order chi connectivity index (χ1) is 6.73. The minimum Gasteiger partial charge on any atom is -0.261 e. The first-order valence-corrected chi connectivity index (χ1v) is 3.95. The van der Waals surface area contributed by atoms with Crippen molar-refractivity contribution >= 4 is 0 Å². The zero-order valence-electron chi connectivity index (χ0n) is 7.95. The van der Waals surface area contributed by atoms with E-state index in [-0.39, 0.29) is 40.4 Å². The van der Waals surface area contributed by atoms with Gasteiger partial charge >= 0.3 is 6.18 Å². The molecular formula is C8H6F4NO2Pm-. The van der Waals surface area contributed by atoms with Gasteiger partial charge in [-0.05, 0) is 5.92 Å². The Labute approximate surface area is 121 Å². The number of nitro groups is 1. The van der Waals surface area contributed by atoms with Crippen LogP contribution in [0.2, 0.25) is 0 Å². The van der Waals surface area contributed by atoms with Crippen LogP contribution in [-0.4, -0.2) is 11.1 Å². The van der Waals surface area contributed by atoms with E-state index in [4.69, 9.17) is 0 Å². The Morgan fingerprint density at radius 3 is 2.38 bits per heavy atom. The predicted octanol–water partition coefficient (Wildman–Crippen LogP) is 2.63. The summed E-state index contributed by atoms with van der Waals surface area (Å²) in [6.07, 6.45) is -2.63. The van der Waals surface area contributed by atoms with E-state index in [0.717, 1.165) is 6.92 Å². The summed E-state index contributed by atoms with van der Waals surface area (Å²) in [5, 5.41) is 10.2. The van der Waals surface area contributed by atoms with E-state index in [1.807, 2.05) is 0 Å². The van der Waals surface area contributed by atoms with Crippen LogP contribution in [0, 0.1) is 68.4 Å². The molecule has 0 saturated carbocycles. The molecule has 0 aromatic rings. The van der Waals surface area contributed by atoms with Gasteiger partial charge in [0.25, 0.3) is 0 Å². The Kier molecular flexibility index (Phi) is 5.49. The molecule has 2 unspecified atom stereocenters. The third-order valence-electron chi connectivity index (χ3n) is 2.10. The molecule has 8 heteroatoms. The van der Waals surface area contributed by atoms with Crippen molar-refractivity contribution in [2.45, 2.75) is 13.1 Å². The standard InChI is InChI=1S/C8H6F4NO2.Pm/c1-4-6(8(10,11)12)2-5(13(14)15)3-7(4)9;/h2,4,6H,1H3;/q-1;. The molecule has 1 rings (SSSR count). The van der Waals surface area contributed by atoms with Gasteiger partial charge in [0.15, 0.2) is 0 Å². The first kappa shape index (κ1) is 15.9. The minimum absolute atomic E-state index is 0. The molecule has 16 heavy (non-hydrogen) atoms. The molecule has 0 aromatic carbocycles. The van der Waals surface area contributed by atoms with Gasteiger partial charge < -0.3 is 0 Å². The number of rotatable bonds is 1. The predicted molar refractivity (Wildman–Crippen MR) is 41.7 cm³/mol. The third kappa shape index (κ3) is 3.47. The van der Waals surface area contributed by atoms with Crippen LogP contribution in [0.5, 0.6) is 0 Å². The number of alkyl halides is 3. The normalized spacial score (nSPS) is 25.3. The first-order valence-electron chi connectivity index (χ1n) is 3.95. The van der Waals surface area contributed by atoms with Crippen molar-refractivity contribution in [3.8, 4) is 0 Å². The van der Waals surface area contributed by atoms with Crippen LogP contribution in [0.25, 0.3) is 0 Å². The number of hydrogen-bond donors (Lipinski definition) is 0. The molecule has 1 aliphatic rings. The molecule has 0 saturated heterocycles. The van der Waals surface area contributed by atoms with E-state index < -0.39 is 34.5 Å². The van der Waals surface area contributed by atoms with Crippen molar-refractivity contribution < 1.29 is 62.9 Å². The molecule has 89 valence electrons. The van der Waals surface area contributed by atoms with Crippen molar-refractivity contribution in [1.82, 2.24) is 0 Å². The summed E-state index contributed by atoms with van der Waals surface area (Å²) in [5.41, 5.74) is -0.979. The topological polar surface area (TPSA) is 43.1 Å². The summed E-state index contributed by atoms with van der Waals surface area (Å²) in [5.74, 6) is -4.88. The minimum atomic E-state index is -4.69. The largest absolute Gasteiger partial charge is 0.381 e. The fraction of sp³-hybridized carbons (Fsp3) is 0.500. The Balaban J connectivity index is 0.00000225. The van der Waals surface area contributed by atoms with E-state index in [2.05, 4.69) is 0 Å². The smallest absolute Gasteiger partial charge is 0.261 e. The number of allylic oxidation sites excluding steroid dienone is 3. The van der Waals surface area contributed by atoms with Crippen LogP contribution in [0.3, 0.4) is 0 Å². The van der Waals surface area contributed by atoms with Crippen molar-refractivity contribution in [3.63, 3.8) is 0 Å². The maximum atomic E-state index is 12.9. The van der Waals surface area contributed by atoms with Gasteiger partial charge in [0.2, 0.25) is 0 Å². The van der Waals surface area contributed by atoms with Crippen molar-refractivity contribution in [2.24, 2.45) is 11.8 Å². The third-order valence-corrected chi connectivity index (χ3v) is 2.10. The molecule has 2 atom stereocenters. The van der Waals surface area contributed by atoms with Gasteiger partial charge in [-0.1, -0.05) is 6.92 Å². The molecule has 3 nitrogen and oxygen atoms in total. The summed E-state index contributed by atoms with van der Waals surface area (Å²) in [4.78, 5) is 9.11. The Bertz CT molecular complexity index is 350. The van der Waals surface area contributed by atoms with Gasteiger partial charge in [0.05, 0.1) is 0 Å². The van der Waals surface area contributed by atoms with Crippen LogP contribution < -0.4 is 0 Å². The number of halogens is 4. The van der Waals surface area contributed by atoms with Crippen LogP contribution >= 0.6 is 0 Å². The van der Waals surface area contributed by atoms with E-state index in [0.29, 0.717) is 6.08 Å². The maximum absolute atomic E-state index is 12.9. The summed E-state index contributed by atoms with van der Waals surface area (Å²) >= 11 is 0. The molecule has 1 aliphatic carbocycles. The molecule has 0 aliphatic heterocycles. The molecule has 0 bridgehead atoms. The van der Waals surface area contributed by atoms with E-state index in [9.17, 15) is 27.7 Å². The molecule has 0 fully saturated rings. The second-order valence-corrected chi connectivity index (χ2v) is 3.14.